The Morgan fingerprint density at radius 3 is 2.23 bits per heavy atom. The van der Waals surface area contributed by atoms with Crippen LogP contribution in [0, 0.1) is 12.3 Å². The van der Waals surface area contributed by atoms with Crippen molar-refractivity contribution in [3.05, 3.63) is 64.3 Å². The van der Waals surface area contributed by atoms with E-state index in [1.165, 1.54) is 5.57 Å². The summed E-state index contributed by atoms with van der Waals surface area (Å²) in [6.07, 6.45) is 8.22. The lowest BCUT2D eigenvalue weighted by Crippen LogP contribution is -2.35. The number of allylic oxidation sites excluding steroid dienone is 3. The number of sulfone groups is 1. The van der Waals surface area contributed by atoms with Crippen LogP contribution in [0.3, 0.4) is 0 Å². The van der Waals surface area contributed by atoms with E-state index in [4.69, 9.17) is 4.74 Å². The van der Waals surface area contributed by atoms with Crippen LogP contribution in [0.15, 0.2) is 63.6 Å². The van der Waals surface area contributed by atoms with Crippen LogP contribution in [0.4, 0.5) is 0 Å². The quantitative estimate of drug-likeness (QED) is 0.181. The zero-order valence-electron chi connectivity index (χ0n) is 22.9. The van der Waals surface area contributed by atoms with Crippen molar-refractivity contribution in [2.24, 2.45) is 5.41 Å². The summed E-state index contributed by atoms with van der Waals surface area (Å²) in [5, 5.41) is -0.622. The maximum absolute atomic E-state index is 14.1. The van der Waals surface area contributed by atoms with Crippen LogP contribution in [0.2, 0.25) is 0 Å². The summed E-state index contributed by atoms with van der Waals surface area (Å²) in [6, 6.07) is 7.21. The average Bonchev–Trinajstić information content (AvgIpc) is 2.72. The van der Waals surface area contributed by atoms with Crippen molar-refractivity contribution < 1.29 is 17.9 Å². The monoisotopic (exact) mass is 500 g/mol. The molecule has 2 unspecified atom stereocenters. The zero-order chi connectivity index (χ0) is 26.4. The highest BCUT2D eigenvalue weighted by molar-refractivity contribution is 7.92. The molecule has 4 nitrogen and oxygen atoms in total. The lowest BCUT2D eigenvalue weighted by atomic mass is 9.70. The van der Waals surface area contributed by atoms with Gasteiger partial charge in [0.1, 0.15) is 6.29 Å². The van der Waals surface area contributed by atoms with E-state index in [1.54, 1.807) is 18.2 Å². The molecule has 0 heterocycles. The van der Waals surface area contributed by atoms with Gasteiger partial charge in [-0.3, -0.25) is 4.79 Å². The highest BCUT2D eigenvalue weighted by atomic mass is 32.2. The van der Waals surface area contributed by atoms with E-state index >= 15 is 0 Å². The molecule has 35 heavy (non-hydrogen) atoms. The molecule has 0 bridgehead atoms. The molecule has 0 aromatic heterocycles. The van der Waals surface area contributed by atoms with Crippen molar-refractivity contribution >= 4 is 16.1 Å². The lowest BCUT2D eigenvalue weighted by Gasteiger charge is -2.39. The van der Waals surface area contributed by atoms with Gasteiger partial charge in [-0.1, -0.05) is 54.3 Å². The molecule has 0 aliphatic heterocycles. The Morgan fingerprint density at radius 2 is 1.69 bits per heavy atom. The first kappa shape index (κ1) is 29.3. The predicted octanol–water partition coefficient (Wildman–Crippen LogP) is 7.33. The van der Waals surface area contributed by atoms with Gasteiger partial charge in [0.25, 0.3) is 0 Å². The molecule has 2 atom stereocenters. The molecule has 194 valence electrons. The zero-order valence-corrected chi connectivity index (χ0v) is 23.7. The predicted molar refractivity (Wildman–Crippen MR) is 145 cm³/mol. The smallest absolute Gasteiger partial charge is 0.185 e. The number of rotatable bonds is 11. The molecule has 5 heteroatoms. The van der Waals surface area contributed by atoms with Crippen LogP contribution in [0.25, 0.3) is 0 Å². The Hall–Kier alpha value is -1.98. The standard InChI is InChI=1S/C30H44O4S/c1-21(2)34-26(18-23(4)15-17-31)19-24(5)20-28(29-25(6)10-9-16-30(29,7)8)35(32,33)27-13-11-22(3)12-14-27/h11-15,17,19,21,26,28H,9-10,16,18,20H2,1-8H3/b23-15+,24-19+. The van der Waals surface area contributed by atoms with Gasteiger partial charge in [-0.2, -0.15) is 0 Å². The molecule has 1 aromatic rings. The highest BCUT2D eigenvalue weighted by Gasteiger charge is 2.40. The fourth-order valence-electron chi connectivity index (χ4n) is 5.29. The first-order chi connectivity index (χ1) is 16.3. The molecule has 2 rings (SSSR count). The van der Waals surface area contributed by atoms with Gasteiger partial charge in [0.05, 0.1) is 22.4 Å². The number of benzene rings is 1. The molecular weight excluding hydrogens is 456 g/mol. The Labute approximate surface area is 213 Å². The van der Waals surface area contributed by atoms with Crippen LogP contribution < -0.4 is 0 Å². The van der Waals surface area contributed by atoms with Crippen LogP contribution in [0.5, 0.6) is 0 Å². The van der Waals surface area contributed by atoms with Gasteiger partial charge in [0.2, 0.25) is 0 Å². The second kappa shape index (κ2) is 12.3. The third-order valence-corrected chi connectivity index (χ3v) is 8.97. The molecule has 0 saturated heterocycles. The lowest BCUT2D eigenvalue weighted by molar-refractivity contribution is -0.104. The van der Waals surface area contributed by atoms with Crippen LogP contribution in [-0.4, -0.2) is 32.2 Å². The van der Waals surface area contributed by atoms with Crippen molar-refractivity contribution in [1.29, 1.82) is 0 Å². The van der Waals surface area contributed by atoms with Crippen molar-refractivity contribution in [1.82, 2.24) is 0 Å². The number of ether oxygens (including phenoxy) is 1. The van der Waals surface area contributed by atoms with Crippen LogP contribution >= 0.6 is 0 Å². The number of hydrogen-bond acceptors (Lipinski definition) is 4. The molecular formula is C30H44O4S. The fraction of sp³-hybridized carbons (Fsp3) is 0.567. The maximum atomic E-state index is 14.1. The highest BCUT2D eigenvalue weighted by Crippen LogP contribution is 2.46. The molecule has 0 saturated carbocycles. The number of carbonyl (C=O) groups excluding carboxylic acids is 1. The van der Waals surface area contributed by atoms with Crippen molar-refractivity contribution in [2.75, 3.05) is 0 Å². The molecule has 0 spiro atoms. The first-order valence-electron chi connectivity index (χ1n) is 12.7. The third kappa shape index (κ3) is 8.01. The van der Waals surface area contributed by atoms with E-state index in [9.17, 15) is 13.2 Å². The summed E-state index contributed by atoms with van der Waals surface area (Å²) < 4.78 is 34.3. The van der Waals surface area contributed by atoms with Gasteiger partial charge in [-0.05, 0) is 103 Å². The molecule has 0 radical (unpaired) electrons. The SMILES string of the molecule is CC1=C(C(C/C(C)=C/C(C/C(C)=C/C=O)OC(C)C)S(=O)(=O)c2ccc(C)cc2)C(C)(C)CCC1. The molecule has 0 fully saturated rings. The number of aryl methyl sites for hydroxylation is 1. The van der Waals surface area contributed by atoms with E-state index in [0.29, 0.717) is 17.7 Å². The molecule has 0 amide bonds. The minimum atomic E-state index is -3.60. The molecule has 1 aliphatic rings. The molecule has 1 aromatic carbocycles. The van der Waals surface area contributed by atoms with Gasteiger partial charge in [-0.25, -0.2) is 8.42 Å². The van der Waals surface area contributed by atoms with Gasteiger partial charge in [0, 0.05) is 0 Å². The fourth-order valence-corrected chi connectivity index (χ4v) is 7.44. The van der Waals surface area contributed by atoms with Crippen molar-refractivity contribution in [3.8, 4) is 0 Å². The molecule has 0 N–H and O–H groups in total. The minimum Gasteiger partial charge on any atom is -0.371 e. The number of hydrogen-bond donors (Lipinski definition) is 0. The number of aldehydes is 1. The van der Waals surface area contributed by atoms with E-state index in [0.717, 1.165) is 47.8 Å². The Morgan fingerprint density at radius 1 is 1.06 bits per heavy atom. The average molecular weight is 501 g/mol. The topological polar surface area (TPSA) is 60.4 Å². The van der Waals surface area contributed by atoms with Crippen LogP contribution in [-0.2, 0) is 19.4 Å². The Balaban J connectivity index is 2.55. The molecule has 1 aliphatic carbocycles. The maximum Gasteiger partial charge on any atom is 0.185 e. The second-order valence-corrected chi connectivity index (χ2v) is 13.2. The van der Waals surface area contributed by atoms with Crippen molar-refractivity contribution in [2.45, 2.75) is 110 Å². The van der Waals surface area contributed by atoms with Crippen molar-refractivity contribution in [3.63, 3.8) is 0 Å². The largest absolute Gasteiger partial charge is 0.371 e. The summed E-state index contributed by atoms with van der Waals surface area (Å²) in [5.41, 5.74) is 5.05. The van der Waals surface area contributed by atoms with Gasteiger partial charge in [-0.15, -0.1) is 0 Å². The Bertz CT molecular complexity index is 1070. The van der Waals surface area contributed by atoms with Gasteiger partial charge in [0.15, 0.2) is 9.84 Å². The first-order valence-corrected chi connectivity index (χ1v) is 14.3. The minimum absolute atomic E-state index is 0.0161. The van der Waals surface area contributed by atoms with E-state index in [2.05, 4.69) is 20.8 Å². The summed E-state index contributed by atoms with van der Waals surface area (Å²) >= 11 is 0. The summed E-state index contributed by atoms with van der Waals surface area (Å²) in [4.78, 5) is 11.3. The third-order valence-electron chi connectivity index (χ3n) is 6.89. The van der Waals surface area contributed by atoms with Gasteiger partial charge < -0.3 is 4.74 Å². The normalized spacial score (nSPS) is 19.1. The second-order valence-electron chi connectivity index (χ2n) is 11.1. The van der Waals surface area contributed by atoms with E-state index < -0.39 is 15.1 Å². The Kier molecular flexibility index (Phi) is 10.3. The summed E-state index contributed by atoms with van der Waals surface area (Å²) in [6.45, 7) is 16.3. The number of carbonyl (C=O) groups is 1. The summed E-state index contributed by atoms with van der Waals surface area (Å²) in [7, 11) is -3.60. The van der Waals surface area contributed by atoms with E-state index in [1.807, 2.05) is 52.8 Å². The van der Waals surface area contributed by atoms with Gasteiger partial charge >= 0.3 is 0 Å². The van der Waals surface area contributed by atoms with Crippen LogP contribution in [0.1, 0.15) is 86.1 Å². The summed E-state index contributed by atoms with van der Waals surface area (Å²) in [5.74, 6) is 0. The van der Waals surface area contributed by atoms with E-state index in [-0.39, 0.29) is 17.6 Å².